The minimum absolute atomic E-state index is 0.0240. The van der Waals surface area contributed by atoms with Crippen LogP contribution < -0.4 is 39.4 Å². The maximum Gasteiger partial charge on any atom is 0.260 e. The van der Waals surface area contributed by atoms with Gasteiger partial charge in [0.05, 0.1) is 55.4 Å². The van der Waals surface area contributed by atoms with Crippen LogP contribution in [0.15, 0.2) is 91.0 Å². The number of hydrogen-bond donors (Lipinski definition) is 2. The normalized spacial score (nSPS) is 17.1. The fourth-order valence-corrected chi connectivity index (χ4v) is 9.75. The van der Waals surface area contributed by atoms with Crippen molar-refractivity contribution < 1.29 is 33.3 Å². The van der Waals surface area contributed by atoms with Gasteiger partial charge < -0.3 is 44.1 Å². The molecule has 5 aromatic carbocycles. The third kappa shape index (κ3) is 8.50. The van der Waals surface area contributed by atoms with Crippen LogP contribution in [0, 0.1) is 5.92 Å². The molecule has 0 radical (unpaired) electrons. The molecule has 322 valence electrons. The molecule has 0 bridgehead atoms. The summed E-state index contributed by atoms with van der Waals surface area (Å²) in [7, 11) is 3.20. The van der Waals surface area contributed by atoms with E-state index in [0.717, 1.165) is 76.8 Å². The van der Waals surface area contributed by atoms with Crippen molar-refractivity contribution in [1.29, 1.82) is 0 Å². The molecule has 11 nitrogen and oxygen atoms in total. The van der Waals surface area contributed by atoms with E-state index in [1.807, 2.05) is 70.1 Å². The molecule has 0 saturated heterocycles. The summed E-state index contributed by atoms with van der Waals surface area (Å²) in [5, 5.41) is 7.07. The van der Waals surface area contributed by atoms with Gasteiger partial charge in [-0.05, 0) is 83.3 Å². The van der Waals surface area contributed by atoms with Crippen molar-refractivity contribution in [2.75, 3.05) is 66.7 Å². The summed E-state index contributed by atoms with van der Waals surface area (Å²) in [4.78, 5) is 31.9. The summed E-state index contributed by atoms with van der Waals surface area (Å²) < 4.78 is 30.6. The zero-order valence-corrected chi connectivity index (χ0v) is 36.6. The molecule has 4 heterocycles. The van der Waals surface area contributed by atoms with Crippen molar-refractivity contribution in [2.45, 2.75) is 64.2 Å². The molecule has 9 rings (SSSR count). The SMILES string of the molecule is COc1cc2c(cc1OCc1cc(COc3cc4c(cc3OC)C(=O)N3c5ccccc5C[C@H]3CN4)cc(CSCCOCCC(C)C)c1)NC[C@@H]1Cc3ccccc3N1C2=O. The molecular weight excluding hydrogens is 801 g/mol. The predicted molar refractivity (Wildman–Crippen MR) is 246 cm³/mol. The van der Waals surface area contributed by atoms with Crippen molar-refractivity contribution in [3.63, 3.8) is 0 Å². The maximum absolute atomic E-state index is 14.0. The maximum atomic E-state index is 14.0. The Bertz CT molecular complexity index is 2320. The number of rotatable bonds is 16. The highest BCUT2D eigenvalue weighted by atomic mass is 32.2. The van der Waals surface area contributed by atoms with Crippen molar-refractivity contribution in [3.05, 3.63) is 130 Å². The van der Waals surface area contributed by atoms with Gasteiger partial charge in [0, 0.05) is 54.7 Å². The molecule has 12 heteroatoms. The highest BCUT2D eigenvalue weighted by molar-refractivity contribution is 7.98. The first-order valence-electron chi connectivity index (χ1n) is 21.6. The van der Waals surface area contributed by atoms with Crippen molar-refractivity contribution in [2.24, 2.45) is 5.92 Å². The third-order valence-corrected chi connectivity index (χ3v) is 13.1. The number of ether oxygens (including phenoxy) is 5. The van der Waals surface area contributed by atoms with E-state index in [-0.39, 0.29) is 37.1 Å². The number of para-hydroxylation sites is 2. The molecule has 2 N–H and O–H groups in total. The number of methoxy groups -OCH3 is 2. The molecule has 0 aromatic heterocycles. The lowest BCUT2D eigenvalue weighted by Crippen LogP contribution is -2.39. The molecule has 0 spiro atoms. The van der Waals surface area contributed by atoms with Crippen LogP contribution in [0.4, 0.5) is 22.7 Å². The smallest absolute Gasteiger partial charge is 0.260 e. The molecule has 2 atom stereocenters. The zero-order valence-electron chi connectivity index (χ0n) is 35.8. The largest absolute Gasteiger partial charge is 0.493 e. The number of carbonyl (C=O) groups is 2. The average molecular weight is 855 g/mol. The standard InChI is InChI=1S/C50H54N4O7S/c1-31(2)13-14-59-15-16-62-30-34-18-32(28-60-47-24-41-39(22-45(47)57-3)49(55)53-37(26-51-41)20-35-9-5-7-11-43(35)53)17-33(19-34)29-61-48-25-42-40(23-46(48)58-4)50(56)54-38(27-52-42)21-36-10-6-8-12-44(36)54/h5-12,17-19,22-25,31,37-38,51-52H,13-16,20-21,26-30H2,1-4H3/t37-,38-/m0/s1. The Morgan fingerprint density at radius 3 is 1.65 bits per heavy atom. The Morgan fingerprint density at radius 1 is 0.645 bits per heavy atom. The molecule has 0 unspecified atom stereocenters. The Hall–Kier alpha value is -5.85. The van der Waals surface area contributed by atoms with Gasteiger partial charge in [0.15, 0.2) is 23.0 Å². The third-order valence-electron chi connectivity index (χ3n) is 12.1. The average Bonchev–Trinajstić information content (AvgIpc) is 3.78. The highest BCUT2D eigenvalue weighted by Gasteiger charge is 2.39. The fraction of sp³-hybridized carbons (Fsp3) is 0.360. The number of nitrogens with one attached hydrogen (secondary N) is 2. The summed E-state index contributed by atoms with van der Waals surface area (Å²) in [5.41, 5.74) is 9.93. The van der Waals surface area contributed by atoms with E-state index in [1.165, 1.54) is 11.1 Å². The molecule has 0 aliphatic carbocycles. The second-order valence-electron chi connectivity index (χ2n) is 16.8. The summed E-state index contributed by atoms with van der Waals surface area (Å²) >= 11 is 1.83. The van der Waals surface area contributed by atoms with Crippen LogP contribution in [0.3, 0.4) is 0 Å². The lowest BCUT2D eigenvalue weighted by Gasteiger charge is -2.23. The Labute approximate surface area is 368 Å². The minimum atomic E-state index is -0.0513. The molecule has 2 amide bonds. The van der Waals surface area contributed by atoms with E-state index in [2.05, 4.69) is 54.8 Å². The molecule has 4 aliphatic rings. The molecule has 5 aromatic rings. The topological polar surface area (TPSA) is 111 Å². The second kappa shape index (κ2) is 18.2. The Morgan fingerprint density at radius 2 is 1.15 bits per heavy atom. The van der Waals surface area contributed by atoms with Gasteiger partial charge in [0.25, 0.3) is 11.8 Å². The number of thioether (sulfide) groups is 1. The van der Waals surface area contributed by atoms with Gasteiger partial charge in [-0.15, -0.1) is 0 Å². The van der Waals surface area contributed by atoms with E-state index in [9.17, 15) is 9.59 Å². The van der Waals surface area contributed by atoms with E-state index >= 15 is 0 Å². The van der Waals surface area contributed by atoms with Crippen LogP contribution in [0.1, 0.15) is 68.8 Å². The Balaban J connectivity index is 0.934. The van der Waals surface area contributed by atoms with E-state index < -0.39 is 0 Å². The first kappa shape index (κ1) is 41.5. The van der Waals surface area contributed by atoms with Crippen LogP contribution in [0.5, 0.6) is 23.0 Å². The number of anilines is 4. The summed E-state index contributed by atoms with van der Waals surface area (Å²) in [5.74, 6) is 4.27. The van der Waals surface area contributed by atoms with Crippen LogP contribution in [-0.4, -0.2) is 70.2 Å². The van der Waals surface area contributed by atoms with E-state index in [0.29, 0.717) is 59.7 Å². The quantitative estimate of drug-likeness (QED) is 0.0933. The van der Waals surface area contributed by atoms with Crippen molar-refractivity contribution in [3.8, 4) is 23.0 Å². The fourth-order valence-electron chi connectivity index (χ4n) is 8.96. The second-order valence-corrected chi connectivity index (χ2v) is 17.9. The highest BCUT2D eigenvalue weighted by Crippen LogP contribution is 2.42. The van der Waals surface area contributed by atoms with Crippen LogP contribution in [-0.2, 0) is 36.5 Å². The minimum Gasteiger partial charge on any atom is -0.493 e. The number of benzene rings is 5. The van der Waals surface area contributed by atoms with Crippen LogP contribution in [0.25, 0.3) is 0 Å². The van der Waals surface area contributed by atoms with Crippen molar-refractivity contribution >= 4 is 46.3 Å². The molecule has 0 saturated carbocycles. The number of amides is 2. The first-order chi connectivity index (χ1) is 30.3. The number of fused-ring (bicyclic) bond motifs is 8. The van der Waals surface area contributed by atoms with Gasteiger partial charge >= 0.3 is 0 Å². The number of nitrogens with zero attached hydrogens (tertiary/aromatic N) is 2. The van der Waals surface area contributed by atoms with Gasteiger partial charge in [-0.2, -0.15) is 11.8 Å². The summed E-state index contributed by atoms with van der Waals surface area (Å²) in [6, 6.07) is 30.1. The lowest BCUT2D eigenvalue weighted by molar-refractivity contribution is 0.0975. The predicted octanol–water partition coefficient (Wildman–Crippen LogP) is 9.15. The zero-order chi connectivity index (χ0) is 42.7. The molecular formula is C50H54N4O7S. The van der Waals surface area contributed by atoms with E-state index in [1.54, 1.807) is 26.4 Å². The van der Waals surface area contributed by atoms with Gasteiger partial charge in [-0.25, -0.2) is 0 Å². The molecule has 4 aliphatic heterocycles. The number of carbonyl (C=O) groups excluding carboxylic acids is 2. The van der Waals surface area contributed by atoms with E-state index in [4.69, 9.17) is 23.7 Å². The molecule has 0 fully saturated rings. The lowest BCUT2D eigenvalue weighted by atomic mass is 10.1. The van der Waals surface area contributed by atoms with Gasteiger partial charge in [0.1, 0.15) is 13.2 Å². The number of hydrogen-bond acceptors (Lipinski definition) is 10. The monoisotopic (exact) mass is 854 g/mol. The summed E-state index contributed by atoms with van der Waals surface area (Å²) in [6.45, 7) is 7.68. The van der Waals surface area contributed by atoms with Gasteiger partial charge in [0.2, 0.25) is 0 Å². The summed E-state index contributed by atoms with van der Waals surface area (Å²) in [6.07, 6.45) is 2.67. The van der Waals surface area contributed by atoms with Crippen LogP contribution >= 0.6 is 11.8 Å². The van der Waals surface area contributed by atoms with Gasteiger partial charge in [-0.1, -0.05) is 62.4 Å². The first-order valence-corrected chi connectivity index (χ1v) is 22.7. The van der Waals surface area contributed by atoms with Crippen molar-refractivity contribution in [1.82, 2.24) is 0 Å². The molecule has 62 heavy (non-hydrogen) atoms. The Kier molecular flexibility index (Phi) is 12.2. The van der Waals surface area contributed by atoms with Crippen LogP contribution in [0.2, 0.25) is 0 Å². The van der Waals surface area contributed by atoms with Gasteiger partial charge in [-0.3, -0.25) is 9.59 Å².